The lowest BCUT2D eigenvalue weighted by molar-refractivity contribution is -0.152. The standard InChI is InChI=1S/C19H17F3N6O2/c20-14-8-25-18(26-9-14)28-2-1-15(19(21,22)11-28)17(29)27-3-4-30-16-12(5-23)6-24-7-13(16)10-27/h6-9,15H,1-4,10-11H2/t15-/m1/s1. The minimum absolute atomic E-state index is 0.00539. The molecule has 30 heavy (non-hydrogen) atoms. The zero-order valence-electron chi connectivity index (χ0n) is 15.8. The van der Waals surface area contributed by atoms with Gasteiger partial charge in [-0.25, -0.2) is 23.1 Å². The van der Waals surface area contributed by atoms with Crippen LogP contribution in [0.15, 0.2) is 24.8 Å². The number of carbonyl (C=O) groups is 1. The van der Waals surface area contributed by atoms with E-state index in [9.17, 15) is 23.2 Å². The van der Waals surface area contributed by atoms with Crippen molar-refractivity contribution in [1.82, 2.24) is 19.9 Å². The Morgan fingerprint density at radius 3 is 2.70 bits per heavy atom. The number of anilines is 1. The maximum absolute atomic E-state index is 14.9. The van der Waals surface area contributed by atoms with Gasteiger partial charge in [0.15, 0.2) is 5.82 Å². The summed E-state index contributed by atoms with van der Waals surface area (Å²) in [6, 6.07) is 1.98. The van der Waals surface area contributed by atoms with Gasteiger partial charge in [0.1, 0.15) is 29.9 Å². The smallest absolute Gasteiger partial charge is 0.276 e. The molecule has 0 aliphatic carbocycles. The average Bonchev–Trinajstić information content (AvgIpc) is 2.95. The molecule has 1 amide bonds. The second-order valence-electron chi connectivity index (χ2n) is 7.12. The number of nitrogens with zero attached hydrogens (tertiary/aromatic N) is 6. The summed E-state index contributed by atoms with van der Waals surface area (Å²) < 4.78 is 48.4. The van der Waals surface area contributed by atoms with Crippen molar-refractivity contribution >= 4 is 11.9 Å². The number of amides is 1. The summed E-state index contributed by atoms with van der Waals surface area (Å²) in [5, 5.41) is 9.18. The van der Waals surface area contributed by atoms with Gasteiger partial charge in [0.25, 0.3) is 5.92 Å². The number of aromatic nitrogens is 3. The van der Waals surface area contributed by atoms with E-state index in [-0.39, 0.29) is 44.2 Å². The molecule has 4 rings (SSSR count). The monoisotopic (exact) mass is 418 g/mol. The van der Waals surface area contributed by atoms with Crippen molar-refractivity contribution in [2.45, 2.75) is 18.9 Å². The molecule has 2 aliphatic rings. The Kier molecular flexibility index (Phi) is 5.15. The van der Waals surface area contributed by atoms with E-state index in [4.69, 9.17) is 4.74 Å². The Bertz CT molecular complexity index is 995. The van der Waals surface area contributed by atoms with Gasteiger partial charge in [-0.05, 0) is 6.42 Å². The molecule has 0 saturated carbocycles. The van der Waals surface area contributed by atoms with Gasteiger partial charge in [-0.3, -0.25) is 9.78 Å². The molecule has 2 aromatic rings. The van der Waals surface area contributed by atoms with Gasteiger partial charge in [-0.1, -0.05) is 0 Å². The number of rotatable bonds is 2. The van der Waals surface area contributed by atoms with Crippen molar-refractivity contribution < 1.29 is 22.7 Å². The predicted octanol–water partition coefficient (Wildman–Crippen LogP) is 1.77. The first-order chi connectivity index (χ1) is 14.4. The molecule has 11 heteroatoms. The van der Waals surface area contributed by atoms with Crippen LogP contribution in [-0.2, 0) is 11.3 Å². The SMILES string of the molecule is N#Cc1cncc2c1OCCN(C(=O)[C@H]1CCN(c3ncc(F)cn3)CC1(F)F)C2. The lowest BCUT2D eigenvalue weighted by Crippen LogP contribution is -2.55. The van der Waals surface area contributed by atoms with Gasteiger partial charge in [0.05, 0.1) is 32.0 Å². The highest BCUT2D eigenvalue weighted by molar-refractivity contribution is 5.80. The van der Waals surface area contributed by atoms with Gasteiger partial charge < -0.3 is 14.5 Å². The summed E-state index contributed by atoms with van der Waals surface area (Å²) in [5.74, 6) is -5.85. The van der Waals surface area contributed by atoms with Crippen LogP contribution in [-0.4, -0.2) is 57.9 Å². The first kappa shape index (κ1) is 19.9. The summed E-state index contributed by atoms with van der Waals surface area (Å²) in [4.78, 5) is 27.0. The summed E-state index contributed by atoms with van der Waals surface area (Å²) in [6.07, 6.45) is 4.55. The van der Waals surface area contributed by atoms with E-state index < -0.39 is 30.1 Å². The fourth-order valence-corrected chi connectivity index (χ4v) is 3.69. The fraction of sp³-hybridized carbons (Fsp3) is 0.421. The van der Waals surface area contributed by atoms with Crippen LogP contribution in [0.2, 0.25) is 0 Å². The maximum atomic E-state index is 14.9. The molecule has 156 valence electrons. The van der Waals surface area contributed by atoms with Crippen LogP contribution in [0.3, 0.4) is 0 Å². The largest absolute Gasteiger partial charge is 0.490 e. The van der Waals surface area contributed by atoms with Crippen LogP contribution in [0.5, 0.6) is 5.75 Å². The van der Waals surface area contributed by atoms with Crippen LogP contribution in [0.4, 0.5) is 19.1 Å². The molecule has 0 N–H and O–H groups in total. The van der Waals surface area contributed by atoms with E-state index in [1.165, 1.54) is 22.2 Å². The lowest BCUT2D eigenvalue weighted by Gasteiger charge is -2.39. The molecule has 2 aliphatic heterocycles. The van der Waals surface area contributed by atoms with Crippen LogP contribution in [0.25, 0.3) is 0 Å². The van der Waals surface area contributed by atoms with Crippen molar-refractivity contribution in [3.8, 4) is 11.8 Å². The zero-order chi connectivity index (χ0) is 21.3. The van der Waals surface area contributed by atoms with Crippen molar-refractivity contribution in [3.05, 3.63) is 41.7 Å². The number of hydrogen-bond acceptors (Lipinski definition) is 7. The third-order valence-electron chi connectivity index (χ3n) is 5.16. The molecule has 0 spiro atoms. The van der Waals surface area contributed by atoms with Crippen molar-refractivity contribution in [2.75, 3.05) is 31.1 Å². The Morgan fingerprint density at radius 2 is 2.00 bits per heavy atom. The minimum atomic E-state index is -3.32. The summed E-state index contributed by atoms with van der Waals surface area (Å²) in [5.41, 5.74) is 0.736. The van der Waals surface area contributed by atoms with Gasteiger partial charge in [0, 0.05) is 24.5 Å². The molecule has 0 aromatic carbocycles. The summed E-state index contributed by atoms with van der Waals surface area (Å²) in [6.45, 7) is -0.357. The molecule has 0 unspecified atom stereocenters. The van der Waals surface area contributed by atoms with Crippen molar-refractivity contribution in [1.29, 1.82) is 5.26 Å². The molecule has 0 bridgehead atoms. The van der Waals surface area contributed by atoms with Crippen LogP contribution < -0.4 is 9.64 Å². The second-order valence-corrected chi connectivity index (χ2v) is 7.12. The molecule has 4 heterocycles. The highest BCUT2D eigenvalue weighted by Crippen LogP contribution is 2.36. The number of piperidine rings is 1. The molecule has 0 radical (unpaired) electrons. The van der Waals surface area contributed by atoms with Gasteiger partial charge in [-0.2, -0.15) is 5.26 Å². The number of alkyl halides is 2. The normalized spacial score (nSPS) is 20.5. The highest BCUT2D eigenvalue weighted by atomic mass is 19.3. The minimum Gasteiger partial charge on any atom is -0.490 e. The van der Waals surface area contributed by atoms with Crippen molar-refractivity contribution in [3.63, 3.8) is 0 Å². The third kappa shape index (κ3) is 3.72. The molecule has 1 saturated heterocycles. The second kappa shape index (κ2) is 7.78. The number of pyridine rings is 1. The number of ether oxygens (including phenoxy) is 1. The van der Waals surface area contributed by atoms with Gasteiger partial charge in [0.2, 0.25) is 11.9 Å². The van der Waals surface area contributed by atoms with Crippen molar-refractivity contribution in [2.24, 2.45) is 5.92 Å². The number of fused-ring (bicyclic) bond motifs is 1. The molecule has 2 aromatic heterocycles. The molecule has 8 nitrogen and oxygen atoms in total. The fourth-order valence-electron chi connectivity index (χ4n) is 3.69. The van der Waals surface area contributed by atoms with E-state index >= 15 is 0 Å². The van der Waals surface area contributed by atoms with Crippen LogP contribution in [0.1, 0.15) is 17.5 Å². The topological polar surface area (TPSA) is 95.2 Å². The Hall–Kier alpha value is -3.42. The number of hydrogen-bond donors (Lipinski definition) is 0. The van der Waals surface area contributed by atoms with E-state index in [1.807, 2.05) is 6.07 Å². The lowest BCUT2D eigenvalue weighted by atomic mass is 9.91. The van der Waals surface area contributed by atoms with Crippen LogP contribution in [0, 0.1) is 23.1 Å². The van der Waals surface area contributed by atoms with E-state index in [2.05, 4.69) is 15.0 Å². The number of nitriles is 1. The number of carbonyl (C=O) groups excluding carboxylic acids is 1. The van der Waals surface area contributed by atoms with E-state index in [1.54, 1.807) is 0 Å². The van der Waals surface area contributed by atoms with Gasteiger partial charge >= 0.3 is 0 Å². The van der Waals surface area contributed by atoms with E-state index in [0.29, 0.717) is 11.3 Å². The Labute approximate surface area is 169 Å². The average molecular weight is 418 g/mol. The molecular formula is C19H17F3N6O2. The Morgan fingerprint density at radius 1 is 1.23 bits per heavy atom. The van der Waals surface area contributed by atoms with Gasteiger partial charge in [-0.15, -0.1) is 0 Å². The van der Waals surface area contributed by atoms with E-state index in [0.717, 1.165) is 12.4 Å². The first-order valence-corrected chi connectivity index (χ1v) is 9.28. The third-order valence-corrected chi connectivity index (χ3v) is 5.16. The predicted molar refractivity (Wildman–Crippen MR) is 97.1 cm³/mol. The zero-order valence-corrected chi connectivity index (χ0v) is 15.8. The molecule has 1 fully saturated rings. The van der Waals surface area contributed by atoms with Crippen LogP contribution >= 0.6 is 0 Å². The highest BCUT2D eigenvalue weighted by Gasteiger charge is 2.50. The number of halogens is 3. The quantitative estimate of drug-likeness (QED) is 0.733. The summed E-state index contributed by atoms with van der Waals surface area (Å²) >= 11 is 0. The molecule has 1 atom stereocenters. The molecular weight excluding hydrogens is 401 g/mol. The Balaban J connectivity index is 1.50. The summed E-state index contributed by atoms with van der Waals surface area (Å²) in [7, 11) is 0. The maximum Gasteiger partial charge on any atom is 0.276 e. The first-order valence-electron chi connectivity index (χ1n) is 9.28.